The van der Waals surface area contributed by atoms with Gasteiger partial charge in [-0.15, -0.1) is 11.3 Å². The largest absolute Gasteiger partial charge is 0.493 e. The molecule has 0 aliphatic rings. The second-order valence-electron chi connectivity index (χ2n) is 3.89. The quantitative estimate of drug-likeness (QED) is 0.916. The molecule has 0 fully saturated rings. The van der Waals surface area contributed by atoms with E-state index in [1.54, 1.807) is 0 Å². The number of hydrogen-bond donors (Lipinski definition) is 1. The lowest BCUT2D eigenvalue weighted by molar-refractivity contribution is -0.116. The lowest BCUT2D eigenvalue weighted by Crippen LogP contribution is -2.15. The Bertz CT molecular complexity index is 554. The van der Waals surface area contributed by atoms with Crippen molar-refractivity contribution in [1.29, 1.82) is 0 Å². The van der Waals surface area contributed by atoms with Gasteiger partial charge in [0.05, 0.1) is 18.7 Å². The van der Waals surface area contributed by atoms with Gasteiger partial charge < -0.3 is 10.1 Å². The van der Waals surface area contributed by atoms with Crippen LogP contribution in [0.25, 0.3) is 0 Å². The molecule has 19 heavy (non-hydrogen) atoms. The van der Waals surface area contributed by atoms with Crippen LogP contribution in [0.1, 0.15) is 12.1 Å². The molecule has 1 N–H and O–H groups in total. The zero-order chi connectivity index (χ0) is 13.7. The third-order valence-electron chi connectivity index (χ3n) is 2.28. The number of amides is 1. The van der Waals surface area contributed by atoms with E-state index in [0.29, 0.717) is 10.9 Å². The minimum atomic E-state index is -0.316. The number of carbonyl (C=O) groups is 1. The van der Waals surface area contributed by atoms with Crippen LogP contribution in [0.2, 0.25) is 0 Å². The van der Waals surface area contributed by atoms with E-state index in [1.807, 2.05) is 12.3 Å². The Balaban J connectivity index is 1.73. The van der Waals surface area contributed by atoms with Crippen LogP contribution in [0.15, 0.2) is 29.6 Å². The fraction of sp³-hybridized carbons (Fsp3) is 0.231. The molecule has 1 amide bonds. The molecule has 0 atom stereocenters. The molecule has 2 rings (SSSR count). The van der Waals surface area contributed by atoms with Crippen molar-refractivity contribution in [1.82, 2.24) is 4.98 Å². The summed E-state index contributed by atoms with van der Waals surface area (Å²) in [6.45, 7) is 2.10. The van der Waals surface area contributed by atoms with Gasteiger partial charge in [0.1, 0.15) is 11.6 Å². The molecule has 0 aliphatic carbocycles. The SMILES string of the molecule is Cc1csc(NC(=O)CCOc2ccc(F)cc2)n1. The molecule has 2 aromatic rings. The molecule has 1 aromatic heterocycles. The Kier molecular flexibility index (Phi) is 4.46. The van der Waals surface area contributed by atoms with Crippen molar-refractivity contribution in [2.24, 2.45) is 0 Å². The highest BCUT2D eigenvalue weighted by atomic mass is 32.1. The minimum Gasteiger partial charge on any atom is -0.493 e. The standard InChI is InChI=1S/C13H13FN2O2S/c1-9-8-19-13(15-9)16-12(17)6-7-18-11-4-2-10(14)3-5-11/h2-5,8H,6-7H2,1H3,(H,15,16,17). The Morgan fingerprint density at radius 2 is 2.16 bits per heavy atom. The van der Waals surface area contributed by atoms with E-state index in [4.69, 9.17) is 4.74 Å². The molecule has 6 heteroatoms. The van der Waals surface area contributed by atoms with Crippen LogP contribution < -0.4 is 10.1 Å². The fourth-order valence-corrected chi connectivity index (χ4v) is 2.09. The molecule has 4 nitrogen and oxygen atoms in total. The van der Waals surface area contributed by atoms with Crippen molar-refractivity contribution in [2.75, 3.05) is 11.9 Å². The normalized spacial score (nSPS) is 10.2. The number of nitrogens with zero attached hydrogens (tertiary/aromatic N) is 1. The van der Waals surface area contributed by atoms with Crippen molar-refractivity contribution >= 4 is 22.4 Å². The maximum absolute atomic E-state index is 12.7. The van der Waals surface area contributed by atoms with Crippen molar-refractivity contribution in [3.63, 3.8) is 0 Å². The Labute approximate surface area is 114 Å². The first kappa shape index (κ1) is 13.5. The molecule has 1 heterocycles. The molecule has 0 aliphatic heterocycles. The molecular weight excluding hydrogens is 267 g/mol. The summed E-state index contributed by atoms with van der Waals surface area (Å²) < 4.78 is 18.0. The van der Waals surface area contributed by atoms with E-state index in [2.05, 4.69) is 10.3 Å². The van der Waals surface area contributed by atoms with E-state index in [1.165, 1.54) is 35.6 Å². The number of halogens is 1. The van der Waals surface area contributed by atoms with Gasteiger partial charge in [-0.25, -0.2) is 9.37 Å². The smallest absolute Gasteiger partial charge is 0.229 e. The number of nitrogens with one attached hydrogen (secondary N) is 1. The lowest BCUT2D eigenvalue weighted by Gasteiger charge is -2.05. The average molecular weight is 280 g/mol. The predicted molar refractivity (Wildman–Crippen MR) is 72.0 cm³/mol. The number of hydrogen-bond acceptors (Lipinski definition) is 4. The van der Waals surface area contributed by atoms with Gasteiger partial charge in [-0.3, -0.25) is 4.79 Å². The molecule has 100 valence electrons. The monoisotopic (exact) mass is 280 g/mol. The number of carbonyl (C=O) groups excluding carboxylic acids is 1. The topological polar surface area (TPSA) is 51.2 Å². The first-order chi connectivity index (χ1) is 9.13. The van der Waals surface area contributed by atoms with E-state index < -0.39 is 0 Å². The second kappa shape index (κ2) is 6.29. The van der Waals surface area contributed by atoms with Crippen LogP contribution in [0.4, 0.5) is 9.52 Å². The molecule has 0 saturated heterocycles. The molecule has 0 radical (unpaired) electrons. The van der Waals surface area contributed by atoms with Crippen LogP contribution in [-0.4, -0.2) is 17.5 Å². The number of aryl methyl sites for hydroxylation is 1. The molecule has 0 unspecified atom stereocenters. The summed E-state index contributed by atoms with van der Waals surface area (Å²) in [6.07, 6.45) is 0.218. The Morgan fingerprint density at radius 3 is 2.79 bits per heavy atom. The average Bonchev–Trinajstić information content (AvgIpc) is 2.77. The molecular formula is C13H13FN2O2S. The maximum atomic E-state index is 12.7. The van der Waals surface area contributed by atoms with Gasteiger partial charge in [-0.2, -0.15) is 0 Å². The van der Waals surface area contributed by atoms with Crippen molar-refractivity contribution < 1.29 is 13.9 Å². The minimum absolute atomic E-state index is 0.156. The predicted octanol–water partition coefficient (Wildman–Crippen LogP) is 3.00. The zero-order valence-corrected chi connectivity index (χ0v) is 11.2. The molecule has 0 spiro atoms. The lowest BCUT2D eigenvalue weighted by atomic mass is 10.3. The molecule has 1 aromatic carbocycles. The van der Waals surface area contributed by atoms with Gasteiger partial charge >= 0.3 is 0 Å². The zero-order valence-electron chi connectivity index (χ0n) is 10.4. The maximum Gasteiger partial charge on any atom is 0.229 e. The van der Waals surface area contributed by atoms with Gasteiger partial charge in [0, 0.05) is 5.38 Å². The van der Waals surface area contributed by atoms with Crippen LogP contribution in [0, 0.1) is 12.7 Å². The van der Waals surface area contributed by atoms with Gasteiger partial charge in [0.2, 0.25) is 5.91 Å². The summed E-state index contributed by atoms with van der Waals surface area (Å²) >= 11 is 1.38. The molecule has 0 saturated carbocycles. The number of anilines is 1. The van der Waals surface area contributed by atoms with E-state index >= 15 is 0 Å². The highest BCUT2D eigenvalue weighted by Gasteiger charge is 2.05. The van der Waals surface area contributed by atoms with Crippen LogP contribution in [0.3, 0.4) is 0 Å². The fourth-order valence-electron chi connectivity index (χ4n) is 1.39. The van der Waals surface area contributed by atoms with Gasteiger partial charge in [-0.05, 0) is 31.2 Å². The summed E-state index contributed by atoms with van der Waals surface area (Å²) in [5.41, 5.74) is 0.878. The number of thiazole rings is 1. The summed E-state index contributed by atoms with van der Waals surface area (Å²) in [7, 11) is 0. The highest BCUT2D eigenvalue weighted by molar-refractivity contribution is 7.13. The van der Waals surface area contributed by atoms with Crippen molar-refractivity contribution in [3.8, 4) is 5.75 Å². The Hall–Kier alpha value is -1.95. The highest BCUT2D eigenvalue weighted by Crippen LogP contribution is 2.15. The third-order valence-corrected chi connectivity index (χ3v) is 3.15. The van der Waals surface area contributed by atoms with Gasteiger partial charge in [0.25, 0.3) is 0 Å². The first-order valence-electron chi connectivity index (χ1n) is 5.74. The van der Waals surface area contributed by atoms with E-state index in [-0.39, 0.29) is 24.8 Å². The third kappa shape index (κ3) is 4.33. The van der Waals surface area contributed by atoms with Gasteiger partial charge in [-0.1, -0.05) is 0 Å². The summed E-state index contributed by atoms with van der Waals surface area (Å²) in [6, 6.07) is 5.68. The summed E-state index contributed by atoms with van der Waals surface area (Å²) in [5, 5.41) is 5.14. The van der Waals surface area contributed by atoms with E-state index in [9.17, 15) is 9.18 Å². The molecule has 0 bridgehead atoms. The number of aromatic nitrogens is 1. The Morgan fingerprint density at radius 1 is 1.42 bits per heavy atom. The summed E-state index contributed by atoms with van der Waals surface area (Å²) in [4.78, 5) is 15.7. The van der Waals surface area contributed by atoms with Gasteiger partial charge in [0.15, 0.2) is 5.13 Å². The van der Waals surface area contributed by atoms with E-state index in [0.717, 1.165) is 5.69 Å². The first-order valence-corrected chi connectivity index (χ1v) is 6.62. The van der Waals surface area contributed by atoms with Crippen molar-refractivity contribution in [3.05, 3.63) is 41.2 Å². The number of benzene rings is 1. The van der Waals surface area contributed by atoms with Crippen LogP contribution >= 0.6 is 11.3 Å². The summed E-state index contributed by atoms with van der Waals surface area (Å²) in [5.74, 6) is 0.0694. The number of rotatable bonds is 5. The van der Waals surface area contributed by atoms with Crippen LogP contribution in [0.5, 0.6) is 5.75 Å². The number of ether oxygens (including phenoxy) is 1. The second-order valence-corrected chi connectivity index (χ2v) is 4.75. The van der Waals surface area contributed by atoms with Crippen molar-refractivity contribution in [2.45, 2.75) is 13.3 Å². The van der Waals surface area contributed by atoms with Crippen LogP contribution in [-0.2, 0) is 4.79 Å².